The highest BCUT2D eigenvalue weighted by atomic mass is 127. The van der Waals surface area contributed by atoms with Crippen molar-refractivity contribution in [2.45, 2.75) is 0 Å². The van der Waals surface area contributed by atoms with Crippen molar-refractivity contribution < 1.29 is 4.79 Å². The zero-order chi connectivity index (χ0) is 4.41. The molecule has 0 spiro atoms. The lowest BCUT2D eigenvalue weighted by atomic mass is 10.9. The summed E-state index contributed by atoms with van der Waals surface area (Å²) in [5.41, 5.74) is 0. The van der Waals surface area contributed by atoms with Gasteiger partial charge in [-0.1, -0.05) is 0 Å². The average Bonchev–Trinajstić information content (AvgIpc) is 1.86. The Morgan fingerprint density at radius 3 is 3.00 bits per heavy atom. The van der Waals surface area contributed by atoms with Gasteiger partial charge in [-0.25, -0.2) is 0 Å². The largest absolute Gasteiger partial charge is 0.287 e. The van der Waals surface area contributed by atoms with Gasteiger partial charge in [0.05, 0.1) is 5.75 Å². The molecule has 0 aromatic carbocycles. The van der Waals surface area contributed by atoms with Crippen LogP contribution in [0.3, 0.4) is 0 Å². The molecule has 0 fully saturated rings. The van der Waals surface area contributed by atoms with E-state index in [4.69, 9.17) is 0 Å². The van der Waals surface area contributed by atoms with E-state index in [0.29, 0.717) is 3.79 Å². The van der Waals surface area contributed by atoms with E-state index in [1.807, 2.05) is 0 Å². The first-order valence-electron chi connectivity index (χ1n) is 1.49. The van der Waals surface area contributed by atoms with Crippen LogP contribution >= 0.6 is 32.5 Å². The topological polar surface area (TPSA) is 17.1 Å². The molecule has 1 aliphatic rings. The fraction of sp³-hybridized carbons (Fsp3) is 0.333. The highest BCUT2D eigenvalue weighted by molar-refractivity contribution is 14.2. The Hall–Kier alpha value is 0.620. The van der Waals surface area contributed by atoms with Crippen LogP contribution in [0, 0.1) is 0 Å². The second-order valence-electron chi connectivity index (χ2n) is 0.864. The molecule has 0 radical (unpaired) electrons. The molecular weight excluding hydrogens is 211 g/mol. The van der Waals surface area contributed by atoms with Gasteiger partial charge in [-0.3, -0.25) is 4.79 Å². The fourth-order valence-corrected chi connectivity index (χ4v) is 3.64. The van der Waals surface area contributed by atoms with Gasteiger partial charge in [0.2, 0.25) is 0 Å². The smallest absolute Gasteiger partial charge is 0.197 e. The summed E-state index contributed by atoms with van der Waals surface area (Å²) < 4.78 is 2.53. The molecule has 0 unspecified atom stereocenters. The van der Waals surface area contributed by atoms with Gasteiger partial charge in [-0.15, -0.1) is 11.8 Å². The van der Waals surface area contributed by atoms with Gasteiger partial charge in [0, 0.05) is 3.34 Å². The fourth-order valence-electron chi connectivity index (χ4n) is 0.210. The second-order valence-corrected chi connectivity index (χ2v) is 5.02. The standard InChI is InChI=1S/C3H3IOS/c5-3-1-6-2-4-3/h2H,1H2. The highest BCUT2D eigenvalue weighted by Gasteiger charge is 2.00. The molecule has 1 rings (SSSR count). The molecule has 0 aromatic heterocycles. The summed E-state index contributed by atoms with van der Waals surface area (Å²) >= 11 is 1.54. The molecule has 0 aromatic rings. The first-order chi connectivity index (χ1) is 2.89. The molecule has 0 atom stereocenters. The molecule has 0 saturated heterocycles. The zero-order valence-electron chi connectivity index (χ0n) is 2.98. The number of hydrogen-bond acceptors (Lipinski definition) is 2. The summed E-state index contributed by atoms with van der Waals surface area (Å²) in [6.45, 7) is 0. The highest BCUT2D eigenvalue weighted by Crippen LogP contribution is 2.15. The van der Waals surface area contributed by atoms with E-state index >= 15 is 0 Å². The third kappa shape index (κ3) is 1.04. The van der Waals surface area contributed by atoms with Crippen molar-refractivity contribution in [3.05, 3.63) is 0 Å². The quantitative estimate of drug-likeness (QED) is 0.441. The minimum atomic E-state index is -0.121. The van der Waals surface area contributed by atoms with E-state index in [2.05, 4.69) is 3.34 Å². The average molecular weight is 214 g/mol. The van der Waals surface area contributed by atoms with E-state index in [9.17, 15) is 4.79 Å². The summed E-state index contributed by atoms with van der Waals surface area (Å²) in [5, 5.41) is 0. The molecule has 0 amide bonds. The third-order valence-corrected chi connectivity index (χ3v) is 4.51. The number of halogens is 1. The lowest BCUT2D eigenvalue weighted by Gasteiger charge is -1.69. The molecule has 1 heterocycles. The maximum absolute atomic E-state index is 10.2. The van der Waals surface area contributed by atoms with Crippen LogP contribution in [0.2, 0.25) is 0 Å². The van der Waals surface area contributed by atoms with Crippen LogP contribution in [0.1, 0.15) is 0 Å². The summed E-state index contributed by atoms with van der Waals surface area (Å²) in [6.07, 6.45) is 0. The van der Waals surface area contributed by atoms with Gasteiger partial charge >= 0.3 is 0 Å². The zero-order valence-corrected chi connectivity index (χ0v) is 5.95. The van der Waals surface area contributed by atoms with E-state index in [1.54, 1.807) is 11.8 Å². The van der Waals surface area contributed by atoms with Crippen LogP contribution in [0.5, 0.6) is 0 Å². The Morgan fingerprint density at radius 1 is 2.00 bits per heavy atom. The molecule has 0 saturated carbocycles. The van der Waals surface area contributed by atoms with E-state index < -0.39 is 0 Å². The number of hydrogen-bond donors (Lipinski definition) is 0. The SMILES string of the molecule is O=C1CSC=I1. The van der Waals surface area contributed by atoms with Crippen molar-refractivity contribution >= 4 is 39.6 Å². The van der Waals surface area contributed by atoms with E-state index in [0.717, 1.165) is 5.75 Å². The molecule has 0 bridgehead atoms. The van der Waals surface area contributed by atoms with Crippen LogP contribution in [-0.2, 0) is 4.79 Å². The number of carbonyl (C=O) groups excluding carboxylic acids is 1. The minimum Gasteiger partial charge on any atom is -0.287 e. The monoisotopic (exact) mass is 214 g/mol. The lowest BCUT2D eigenvalue weighted by molar-refractivity contribution is -0.107. The molecule has 34 valence electrons. The van der Waals surface area contributed by atoms with Crippen molar-refractivity contribution in [3.8, 4) is 0 Å². The van der Waals surface area contributed by atoms with Crippen molar-refractivity contribution in [2.75, 3.05) is 5.75 Å². The predicted octanol–water partition coefficient (Wildman–Crippen LogP) is 0.990. The van der Waals surface area contributed by atoms with Crippen molar-refractivity contribution in [2.24, 2.45) is 0 Å². The first-order valence-corrected chi connectivity index (χ1v) is 4.86. The minimum absolute atomic E-state index is 0.121. The molecular formula is C3H3IOS. The molecule has 1 aliphatic heterocycles. The normalized spacial score (nSPS) is 21.0. The van der Waals surface area contributed by atoms with Crippen LogP contribution in [0.25, 0.3) is 0 Å². The predicted molar refractivity (Wildman–Crippen MR) is 37.5 cm³/mol. The van der Waals surface area contributed by atoms with Gasteiger partial charge in [0.25, 0.3) is 0 Å². The molecule has 6 heavy (non-hydrogen) atoms. The Labute approximate surface area is 50.2 Å². The van der Waals surface area contributed by atoms with Crippen molar-refractivity contribution in [1.82, 2.24) is 0 Å². The summed E-state index contributed by atoms with van der Waals surface area (Å²) in [6, 6.07) is 0. The van der Waals surface area contributed by atoms with Gasteiger partial charge < -0.3 is 0 Å². The van der Waals surface area contributed by atoms with E-state index in [-0.39, 0.29) is 20.7 Å². The molecule has 3 heteroatoms. The second kappa shape index (κ2) is 2.07. The van der Waals surface area contributed by atoms with Crippen LogP contribution < -0.4 is 0 Å². The lowest BCUT2D eigenvalue weighted by Crippen LogP contribution is -1.80. The Morgan fingerprint density at radius 2 is 2.83 bits per heavy atom. The van der Waals surface area contributed by atoms with Crippen LogP contribution in [0.4, 0.5) is 0 Å². The summed E-state index contributed by atoms with van der Waals surface area (Å²) in [5.74, 6) is 0.757. The number of carbonyl (C=O) groups is 1. The van der Waals surface area contributed by atoms with Crippen LogP contribution in [0.15, 0.2) is 0 Å². The molecule has 1 nitrogen and oxygen atoms in total. The van der Waals surface area contributed by atoms with Gasteiger partial charge in [-0.2, -0.15) is 0 Å². The summed E-state index contributed by atoms with van der Waals surface area (Å²) in [7, 11) is 0. The van der Waals surface area contributed by atoms with Crippen LogP contribution in [-0.4, -0.2) is 12.9 Å². The van der Waals surface area contributed by atoms with Crippen molar-refractivity contribution in [1.29, 1.82) is 0 Å². The maximum Gasteiger partial charge on any atom is 0.197 e. The van der Waals surface area contributed by atoms with Gasteiger partial charge in [0.15, 0.2) is 3.79 Å². The number of rotatable bonds is 0. The van der Waals surface area contributed by atoms with Gasteiger partial charge in [0.1, 0.15) is 0 Å². The Kier molecular flexibility index (Phi) is 1.64. The van der Waals surface area contributed by atoms with Gasteiger partial charge in [-0.05, 0) is 20.7 Å². The summed E-state index contributed by atoms with van der Waals surface area (Å²) in [4.78, 5) is 10.2. The maximum atomic E-state index is 10.2. The number of thioether (sulfide) groups is 1. The van der Waals surface area contributed by atoms with Crippen molar-refractivity contribution in [3.63, 3.8) is 0 Å². The van der Waals surface area contributed by atoms with E-state index in [1.165, 1.54) is 0 Å². The Balaban J connectivity index is 2.59. The Bertz CT molecular complexity index is 99.0. The molecule has 0 N–H and O–H groups in total. The first kappa shape index (κ1) is 4.77. The third-order valence-electron chi connectivity index (χ3n) is 0.426. The molecule has 0 aliphatic carbocycles.